The molecule has 2 aliphatic rings. The molecular formula is C22H34N4O3. The van der Waals surface area contributed by atoms with Crippen LogP contribution >= 0.6 is 0 Å². The summed E-state index contributed by atoms with van der Waals surface area (Å²) in [5.41, 5.74) is 2.47. The topological polar surface area (TPSA) is 103 Å². The molecule has 1 amide bonds. The first-order valence-electron chi connectivity index (χ1n) is 11.1. The van der Waals surface area contributed by atoms with Crippen molar-refractivity contribution < 1.29 is 14.7 Å². The number of carboxylic acids is 1. The summed E-state index contributed by atoms with van der Waals surface area (Å²) in [4.78, 5) is 28.3. The van der Waals surface area contributed by atoms with Crippen LogP contribution in [0.1, 0.15) is 69.0 Å². The van der Waals surface area contributed by atoms with Crippen molar-refractivity contribution in [2.24, 2.45) is 0 Å². The van der Waals surface area contributed by atoms with Crippen molar-refractivity contribution in [2.45, 2.75) is 82.7 Å². The van der Waals surface area contributed by atoms with E-state index >= 15 is 0 Å². The van der Waals surface area contributed by atoms with Gasteiger partial charge in [-0.25, -0.2) is 9.78 Å². The maximum absolute atomic E-state index is 12.1. The van der Waals surface area contributed by atoms with Crippen molar-refractivity contribution in [1.82, 2.24) is 15.6 Å². The van der Waals surface area contributed by atoms with Gasteiger partial charge in [-0.15, -0.1) is 0 Å². The highest BCUT2D eigenvalue weighted by atomic mass is 16.4. The summed E-state index contributed by atoms with van der Waals surface area (Å²) in [6.45, 7) is 1.84. The third kappa shape index (κ3) is 6.70. The van der Waals surface area contributed by atoms with E-state index in [1.54, 1.807) is 0 Å². The Balaban J connectivity index is 1.28. The Morgan fingerprint density at radius 3 is 2.76 bits per heavy atom. The van der Waals surface area contributed by atoms with Gasteiger partial charge in [0.2, 0.25) is 5.91 Å². The predicted octanol–water partition coefficient (Wildman–Crippen LogP) is 2.64. The van der Waals surface area contributed by atoms with Gasteiger partial charge in [-0.2, -0.15) is 0 Å². The minimum atomic E-state index is -0.941. The van der Waals surface area contributed by atoms with Crippen molar-refractivity contribution in [3.05, 3.63) is 23.4 Å². The Hall–Kier alpha value is -2.15. The fourth-order valence-corrected chi connectivity index (χ4v) is 4.13. The molecule has 0 unspecified atom stereocenters. The number of unbranched alkanes of at least 4 members (excludes halogenated alkanes) is 4. The second-order valence-electron chi connectivity index (χ2n) is 8.20. The molecule has 2 aliphatic heterocycles. The summed E-state index contributed by atoms with van der Waals surface area (Å²) in [5.74, 6) is -0.0614. The fraction of sp³-hybridized carbons (Fsp3) is 0.682. The number of carbonyl (C=O) groups excluding carboxylic acids is 1. The highest BCUT2D eigenvalue weighted by molar-refractivity contribution is 5.87. The molecule has 7 nitrogen and oxygen atoms in total. The number of aryl methyl sites for hydroxylation is 2. The molecule has 29 heavy (non-hydrogen) atoms. The number of anilines is 1. The van der Waals surface area contributed by atoms with E-state index in [1.165, 1.54) is 12.0 Å². The van der Waals surface area contributed by atoms with Crippen LogP contribution < -0.4 is 16.0 Å². The van der Waals surface area contributed by atoms with Crippen molar-refractivity contribution >= 4 is 17.7 Å². The Kier molecular flexibility index (Phi) is 8.28. The van der Waals surface area contributed by atoms with Gasteiger partial charge in [0.05, 0.1) is 6.04 Å². The molecular weight excluding hydrogens is 368 g/mol. The van der Waals surface area contributed by atoms with Gasteiger partial charge in [-0.1, -0.05) is 31.7 Å². The molecule has 0 saturated carbocycles. The van der Waals surface area contributed by atoms with Crippen LogP contribution in [-0.4, -0.2) is 47.1 Å². The van der Waals surface area contributed by atoms with Crippen molar-refractivity contribution in [2.75, 3.05) is 18.4 Å². The maximum Gasteiger partial charge on any atom is 0.326 e. The highest BCUT2D eigenvalue weighted by Gasteiger charge is 2.26. The van der Waals surface area contributed by atoms with E-state index in [1.807, 2.05) is 0 Å². The van der Waals surface area contributed by atoms with Gasteiger partial charge in [0.25, 0.3) is 0 Å². The number of fused-ring (bicyclic) bond motifs is 1. The molecule has 3 heterocycles. The Morgan fingerprint density at radius 2 is 1.97 bits per heavy atom. The van der Waals surface area contributed by atoms with Crippen LogP contribution in [-0.2, 0) is 22.4 Å². The molecule has 0 aliphatic carbocycles. The standard InChI is InChI=1S/C22H34N4O3/c27-21(18-11-7-14-23-18)26-19(22(28)29)10-5-3-1-2-4-9-17-13-12-16-8-6-15-24-20(16)25-17/h12-13,18-19,23H,1-11,14-15H2,(H,24,25)(H,26,27)(H,28,29)/t18-,19-/m0/s1. The van der Waals surface area contributed by atoms with E-state index in [9.17, 15) is 14.7 Å². The number of hydrogen-bond acceptors (Lipinski definition) is 5. The second-order valence-corrected chi connectivity index (χ2v) is 8.20. The first-order valence-corrected chi connectivity index (χ1v) is 11.1. The lowest BCUT2D eigenvalue weighted by Crippen LogP contribution is -2.48. The molecule has 1 aromatic heterocycles. The van der Waals surface area contributed by atoms with Gasteiger partial charge in [-0.3, -0.25) is 4.79 Å². The van der Waals surface area contributed by atoms with Crippen LogP contribution in [0.15, 0.2) is 12.1 Å². The van der Waals surface area contributed by atoms with Crippen LogP contribution in [0.2, 0.25) is 0 Å². The molecule has 1 saturated heterocycles. The van der Waals surface area contributed by atoms with Gasteiger partial charge in [0.1, 0.15) is 11.9 Å². The van der Waals surface area contributed by atoms with Gasteiger partial charge in [0, 0.05) is 12.2 Å². The highest BCUT2D eigenvalue weighted by Crippen LogP contribution is 2.20. The Morgan fingerprint density at radius 1 is 1.14 bits per heavy atom. The third-order valence-corrected chi connectivity index (χ3v) is 5.87. The number of carboxylic acid groups (broad SMARTS) is 1. The first-order chi connectivity index (χ1) is 14.1. The molecule has 7 heteroatoms. The van der Waals surface area contributed by atoms with Crippen molar-refractivity contribution in [3.63, 3.8) is 0 Å². The number of amides is 1. The zero-order valence-electron chi connectivity index (χ0n) is 17.2. The second kappa shape index (κ2) is 11.1. The predicted molar refractivity (Wildman–Crippen MR) is 113 cm³/mol. The molecule has 160 valence electrons. The average molecular weight is 403 g/mol. The molecule has 0 bridgehead atoms. The van der Waals surface area contributed by atoms with E-state index < -0.39 is 12.0 Å². The van der Waals surface area contributed by atoms with Gasteiger partial charge >= 0.3 is 5.97 Å². The van der Waals surface area contributed by atoms with Gasteiger partial charge < -0.3 is 21.1 Å². The van der Waals surface area contributed by atoms with Crippen molar-refractivity contribution in [3.8, 4) is 0 Å². The number of aromatic nitrogens is 1. The summed E-state index contributed by atoms with van der Waals surface area (Å²) in [5, 5.41) is 18.5. The lowest BCUT2D eigenvalue weighted by atomic mass is 10.0. The SMILES string of the molecule is O=C(O)[C@H](CCCCCCCc1ccc2c(n1)NCCC2)NC(=O)[C@@H]1CCCN1. The summed E-state index contributed by atoms with van der Waals surface area (Å²) in [6.07, 6.45) is 10.6. The smallest absolute Gasteiger partial charge is 0.326 e. The van der Waals surface area contributed by atoms with Crippen LogP contribution in [0.4, 0.5) is 5.82 Å². The Bertz CT molecular complexity index is 689. The minimum absolute atomic E-state index is 0.179. The zero-order chi connectivity index (χ0) is 20.5. The Labute approximate surface area is 173 Å². The average Bonchev–Trinajstić information content (AvgIpc) is 3.27. The van der Waals surface area contributed by atoms with Crippen LogP contribution in [0.25, 0.3) is 0 Å². The van der Waals surface area contributed by atoms with E-state index in [0.717, 1.165) is 82.4 Å². The quantitative estimate of drug-likeness (QED) is 0.424. The third-order valence-electron chi connectivity index (χ3n) is 5.87. The van der Waals surface area contributed by atoms with Gasteiger partial charge in [0.15, 0.2) is 0 Å². The molecule has 4 N–H and O–H groups in total. The molecule has 3 rings (SSSR count). The van der Waals surface area contributed by atoms with E-state index in [-0.39, 0.29) is 11.9 Å². The molecule has 0 radical (unpaired) electrons. The number of nitrogens with one attached hydrogen (secondary N) is 3. The molecule has 1 aromatic rings. The molecule has 1 fully saturated rings. The van der Waals surface area contributed by atoms with Crippen LogP contribution in [0, 0.1) is 0 Å². The van der Waals surface area contributed by atoms with E-state index in [4.69, 9.17) is 4.98 Å². The lowest BCUT2D eigenvalue weighted by Gasteiger charge is -2.17. The number of carbonyl (C=O) groups is 2. The zero-order valence-corrected chi connectivity index (χ0v) is 17.2. The largest absolute Gasteiger partial charge is 0.480 e. The van der Waals surface area contributed by atoms with Crippen LogP contribution in [0.5, 0.6) is 0 Å². The molecule has 0 aromatic carbocycles. The number of pyridine rings is 1. The minimum Gasteiger partial charge on any atom is -0.480 e. The van der Waals surface area contributed by atoms with Crippen LogP contribution in [0.3, 0.4) is 0 Å². The molecule has 2 atom stereocenters. The lowest BCUT2D eigenvalue weighted by molar-refractivity contribution is -0.142. The van der Waals surface area contributed by atoms with Crippen molar-refractivity contribution in [1.29, 1.82) is 0 Å². The normalized spacial score (nSPS) is 19.2. The van der Waals surface area contributed by atoms with Gasteiger partial charge in [-0.05, 0) is 63.1 Å². The first kappa shape index (κ1) is 21.6. The molecule has 0 spiro atoms. The number of hydrogen-bond donors (Lipinski definition) is 4. The monoisotopic (exact) mass is 402 g/mol. The van der Waals surface area contributed by atoms with E-state index in [0.29, 0.717) is 6.42 Å². The number of nitrogens with zero attached hydrogens (tertiary/aromatic N) is 1. The number of aliphatic carboxylic acids is 1. The maximum atomic E-state index is 12.1. The number of rotatable bonds is 11. The fourth-order valence-electron chi connectivity index (χ4n) is 4.13. The summed E-state index contributed by atoms with van der Waals surface area (Å²) in [7, 11) is 0. The summed E-state index contributed by atoms with van der Waals surface area (Å²) < 4.78 is 0. The summed E-state index contributed by atoms with van der Waals surface area (Å²) >= 11 is 0. The summed E-state index contributed by atoms with van der Waals surface area (Å²) in [6, 6.07) is 3.33. The van der Waals surface area contributed by atoms with E-state index in [2.05, 4.69) is 28.1 Å².